The van der Waals surface area contributed by atoms with Crippen molar-refractivity contribution in [2.45, 2.75) is 45.6 Å². The van der Waals surface area contributed by atoms with Gasteiger partial charge >= 0.3 is 0 Å². The summed E-state index contributed by atoms with van der Waals surface area (Å²) < 4.78 is 0. The molecule has 1 amide bonds. The molecule has 1 saturated heterocycles. The highest BCUT2D eigenvalue weighted by atomic mass is 35.5. The van der Waals surface area contributed by atoms with Gasteiger partial charge in [0.15, 0.2) is 5.13 Å². The second-order valence-electron chi connectivity index (χ2n) is 9.62. The topological polar surface area (TPSA) is 78.4 Å². The number of carbonyl (C=O) groups is 1. The van der Waals surface area contributed by atoms with Crippen LogP contribution in [0.3, 0.4) is 0 Å². The van der Waals surface area contributed by atoms with Gasteiger partial charge in [-0.15, -0.1) is 11.3 Å². The molecule has 2 aromatic carbocycles. The lowest BCUT2D eigenvalue weighted by Gasteiger charge is -2.27. The van der Waals surface area contributed by atoms with Crippen LogP contribution in [0, 0.1) is 20.8 Å². The summed E-state index contributed by atoms with van der Waals surface area (Å²) in [5.41, 5.74) is 2.81. The quantitative estimate of drug-likeness (QED) is 0.285. The molecule has 2 aromatic heterocycles. The van der Waals surface area contributed by atoms with E-state index in [9.17, 15) is 9.90 Å². The van der Waals surface area contributed by atoms with Gasteiger partial charge in [0.25, 0.3) is 5.91 Å². The summed E-state index contributed by atoms with van der Waals surface area (Å²) in [6.45, 7) is 7.21. The number of nitrogens with one attached hydrogen (secondary N) is 1. The van der Waals surface area contributed by atoms with E-state index >= 15 is 0 Å². The number of aryl methyl sites for hydroxylation is 3. The van der Waals surface area contributed by atoms with Gasteiger partial charge < -0.3 is 15.3 Å². The molecule has 5 rings (SSSR count). The van der Waals surface area contributed by atoms with Crippen LogP contribution in [0.15, 0.2) is 73.1 Å². The van der Waals surface area contributed by atoms with Crippen molar-refractivity contribution < 1.29 is 9.90 Å². The van der Waals surface area contributed by atoms with E-state index in [1.165, 1.54) is 4.88 Å². The first-order valence-corrected chi connectivity index (χ1v) is 13.9. The van der Waals surface area contributed by atoms with Gasteiger partial charge in [0, 0.05) is 40.9 Å². The van der Waals surface area contributed by atoms with Gasteiger partial charge in [-0.25, -0.2) is 9.97 Å². The number of halogens is 1. The third kappa shape index (κ3) is 7.19. The average Bonchev–Trinajstić information content (AvgIpc) is 3.21. The molecule has 3 heterocycles. The van der Waals surface area contributed by atoms with Gasteiger partial charge in [0.2, 0.25) is 0 Å². The second-order valence-corrected chi connectivity index (χ2v) is 11.3. The first-order valence-electron chi connectivity index (χ1n) is 12.7. The molecule has 38 heavy (non-hydrogen) atoms. The van der Waals surface area contributed by atoms with Crippen molar-refractivity contribution >= 4 is 39.8 Å². The highest BCUT2D eigenvalue weighted by Gasteiger charge is 2.33. The Kier molecular flexibility index (Phi) is 9.15. The standard InChI is InChI=1S/C21H24ClNO2.C9H9N3S/c1-15-4-5-16(2)19(14-15)20(24)23-12-3-10-21(25,11-13-23)17-6-8-18(22)9-7-17;1-7-6-11-9(13-7)12-8-4-2-3-5-10-8/h4-9,14,25H,3,10-13H2,1-2H3;2-6H,1H3,(H,10,11,12). The van der Waals surface area contributed by atoms with E-state index in [0.717, 1.165) is 39.6 Å². The van der Waals surface area contributed by atoms with Crippen LogP contribution in [0.5, 0.6) is 0 Å². The number of likely N-dealkylation sites (tertiary alicyclic amines) is 1. The number of amides is 1. The number of aliphatic hydroxyl groups is 1. The van der Waals surface area contributed by atoms with Crippen molar-refractivity contribution in [2.75, 3.05) is 18.4 Å². The SMILES string of the molecule is Cc1ccc(C)c(C(=O)N2CCCC(O)(c3ccc(Cl)cc3)CC2)c1.Cc1cnc(Nc2ccccn2)s1. The van der Waals surface area contributed by atoms with Crippen LogP contribution < -0.4 is 5.32 Å². The predicted octanol–water partition coefficient (Wildman–Crippen LogP) is 7.06. The maximum Gasteiger partial charge on any atom is 0.254 e. The summed E-state index contributed by atoms with van der Waals surface area (Å²) in [5.74, 6) is 0.887. The zero-order valence-electron chi connectivity index (χ0n) is 21.9. The van der Waals surface area contributed by atoms with E-state index in [-0.39, 0.29) is 5.91 Å². The van der Waals surface area contributed by atoms with Crippen LogP contribution in [0.4, 0.5) is 10.9 Å². The highest BCUT2D eigenvalue weighted by Crippen LogP contribution is 2.34. The van der Waals surface area contributed by atoms with E-state index in [1.54, 1.807) is 29.7 Å². The third-order valence-electron chi connectivity index (χ3n) is 6.63. The van der Waals surface area contributed by atoms with Gasteiger partial charge in [-0.3, -0.25) is 4.79 Å². The fraction of sp³-hybridized carbons (Fsp3) is 0.300. The number of pyridine rings is 1. The minimum absolute atomic E-state index is 0.0570. The lowest BCUT2D eigenvalue weighted by molar-refractivity contribution is 0.0212. The number of hydrogen-bond acceptors (Lipinski definition) is 6. The fourth-order valence-electron chi connectivity index (χ4n) is 4.47. The first kappa shape index (κ1) is 27.8. The maximum absolute atomic E-state index is 12.9. The van der Waals surface area contributed by atoms with Crippen LogP contribution in [0.1, 0.15) is 51.2 Å². The number of carbonyl (C=O) groups excluding carboxylic acids is 1. The maximum atomic E-state index is 12.9. The molecule has 6 nitrogen and oxygen atoms in total. The fourth-order valence-corrected chi connectivity index (χ4v) is 5.26. The first-order chi connectivity index (χ1) is 18.2. The molecule has 4 aromatic rings. The van der Waals surface area contributed by atoms with Gasteiger partial charge in [-0.2, -0.15) is 0 Å². The summed E-state index contributed by atoms with van der Waals surface area (Å²) in [7, 11) is 0. The Hall–Kier alpha value is -3.26. The molecule has 0 bridgehead atoms. The van der Waals surface area contributed by atoms with Crippen LogP contribution in [0.2, 0.25) is 5.02 Å². The molecule has 1 aliphatic heterocycles. The molecule has 0 radical (unpaired) electrons. The van der Waals surface area contributed by atoms with Gasteiger partial charge in [-0.1, -0.05) is 47.5 Å². The summed E-state index contributed by atoms with van der Waals surface area (Å²) >= 11 is 7.57. The van der Waals surface area contributed by atoms with E-state index in [2.05, 4.69) is 15.3 Å². The Morgan fingerprint density at radius 2 is 1.82 bits per heavy atom. The molecule has 1 aliphatic rings. The minimum Gasteiger partial charge on any atom is -0.385 e. The van der Waals surface area contributed by atoms with Crippen molar-refractivity contribution in [3.8, 4) is 0 Å². The van der Waals surface area contributed by atoms with E-state index < -0.39 is 5.60 Å². The number of thiazole rings is 1. The molecule has 1 fully saturated rings. The minimum atomic E-state index is -0.902. The Morgan fingerprint density at radius 1 is 1.03 bits per heavy atom. The number of nitrogens with zero attached hydrogens (tertiary/aromatic N) is 3. The number of aromatic nitrogens is 2. The number of anilines is 2. The summed E-state index contributed by atoms with van der Waals surface area (Å²) in [6.07, 6.45) is 5.55. The molecule has 0 spiro atoms. The third-order valence-corrected chi connectivity index (χ3v) is 7.71. The normalized spacial score (nSPS) is 17.2. The van der Waals surface area contributed by atoms with E-state index in [4.69, 9.17) is 11.6 Å². The zero-order valence-corrected chi connectivity index (χ0v) is 23.5. The number of hydrogen-bond donors (Lipinski definition) is 2. The van der Waals surface area contributed by atoms with Crippen LogP contribution >= 0.6 is 22.9 Å². The Morgan fingerprint density at radius 3 is 2.50 bits per heavy atom. The smallest absolute Gasteiger partial charge is 0.254 e. The Labute approximate surface area is 233 Å². The molecule has 0 saturated carbocycles. The lowest BCUT2D eigenvalue weighted by atomic mass is 9.87. The van der Waals surface area contributed by atoms with E-state index in [1.807, 2.05) is 80.4 Å². The van der Waals surface area contributed by atoms with Gasteiger partial charge in [0.1, 0.15) is 5.82 Å². The molecular weight excluding hydrogens is 516 g/mol. The summed E-state index contributed by atoms with van der Waals surface area (Å²) in [5, 5.41) is 15.8. The molecule has 1 unspecified atom stereocenters. The monoisotopic (exact) mass is 548 g/mol. The molecular formula is C30H33ClN4O2S. The molecule has 198 valence electrons. The van der Waals surface area contributed by atoms with Crippen molar-refractivity contribution in [2.24, 2.45) is 0 Å². The number of benzene rings is 2. The van der Waals surface area contributed by atoms with Crippen LogP contribution in [-0.2, 0) is 5.60 Å². The molecule has 1 atom stereocenters. The van der Waals surface area contributed by atoms with Gasteiger partial charge in [-0.05, 0) is 81.5 Å². The van der Waals surface area contributed by atoms with Gasteiger partial charge in [0.05, 0.1) is 5.60 Å². The highest BCUT2D eigenvalue weighted by molar-refractivity contribution is 7.15. The second kappa shape index (κ2) is 12.5. The predicted molar refractivity (Wildman–Crippen MR) is 155 cm³/mol. The summed E-state index contributed by atoms with van der Waals surface area (Å²) in [4.78, 5) is 24.3. The molecule has 2 N–H and O–H groups in total. The van der Waals surface area contributed by atoms with Crippen molar-refractivity contribution in [1.82, 2.24) is 14.9 Å². The Balaban J connectivity index is 0.000000216. The number of rotatable bonds is 4. The van der Waals surface area contributed by atoms with Crippen LogP contribution in [0.25, 0.3) is 0 Å². The van der Waals surface area contributed by atoms with Crippen molar-refractivity contribution in [1.29, 1.82) is 0 Å². The van der Waals surface area contributed by atoms with Crippen molar-refractivity contribution in [3.63, 3.8) is 0 Å². The molecule has 8 heteroatoms. The zero-order chi connectivity index (χ0) is 27.1. The summed E-state index contributed by atoms with van der Waals surface area (Å²) in [6, 6.07) is 19.1. The molecule has 0 aliphatic carbocycles. The largest absolute Gasteiger partial charge is 0.385 e. The average molecular weight is 549 g/mol. The van der Waals surface area contributed by atoms with Crippen molar-refractivity contribution in [3.05, 3.63) is 105 Å². The van der Waals surface area contributed by atoms with E-state index in [0.29, 0.717) is 31.0 Å². The lowest BCUT2D eigenvalue weighted by Crippen LogP contribution is -2.34. The van der Waals surface area contributed by atoms with Crippen LogP contribution in [-0.4, -0.2) is 39.0 Å². The Bertz CT molecular complexity index is 1360.